The number of ketones is 1. The van der Waals surface area contributed by atoms with E-state index in [-0.39, 0.29) is 24.7 Å². The molecule has 0 radical (unpaired) electrons. The van der Waals surface area contributed by atoms with E-state index in [1.165, 1.54) is 0 Å². The van der Waals surface area contributed by atoms with Crippen LogP contribution in [0.5, 0.6) is 0 Å². The van der Waals surface area contributed by atoms with Gasteiger partial charge in [-0.3, -0.25) is 28.5 Å². The van der Waals surface area contributed by atoms with Crippen molar-refractivity contribution >= 4 is 53.1 Å². The highest BCUT2D eigenvalue weighted by Crippen LogP contribution is 2.44. The van der Waals surface area contributed by atoms with Gasteiger partial charge in [0.15, 0.2) is 5.78 Å². The average molecular weight is 647 g/mol. The van der Waals surface area contributed by atoms with Crippen LogP contribution in [0.15, 0.2) is 91.0 Å². The zero-order valence-electron chi connectivity index (χ0n) is 25.8. The summed E-state index contributed by atoms with van der Waals surface area (Å²) >= 11 is 0. The summed E-state index contributed by atoms with van der Waals surface area (Å²) in [4.78, 5) is 65.1. The normalized spacial score (nSPS) is 15.8. The number of amides is 4. The lowest BCUT2D eigenvalue weighted by atomic mass is 9.95. The molecule has 11 nitrogen and oxygen atoms in total. The van der Waals surface area contributed by atoms with Crippen molar-refractivity contribution in [2.45, 2.75) is 45.2 Å². The zero-order valence-corrected chi connectivity index (χ0v) is 26.7. The molecule has 1 unspecified atom stereocenters. The number of benzene rings is 3. The van der Waals surface area contributed by atoms with Crippen molar-refractivity contribution in [1.82, 2.24) is 16.0 Å². The molecule has 12 heteroatoms. The van der Waals surface area contributed by atoms with Crippen molar-refractivity contribution in [3.05, 3.63) is 91.0 Å². The van der Waals surface area contributed by atoms with E-state index < -0.39 is 55.5 Å². The van der Waals surface area contributed by atoms with Gasteiger partial charge in [0, 0.05) is 28.8 Å². The SMILES string of the molecule is CC(C)C[C@H](NC(=O)C(=O)Nc1ccccc1)C(=O)NC(C[C@@H]1CCNC1=O)C(=O)COP(=O)(c1ccccc1)c1ccccc1. The van der Waals surface area contributed by atoms with Crippen molar-refractivity contribution in [3.63, 3.8) is 0 Å². The number of carbonyl (C=O) groups excluding carboxylic acids is 5. The molecule has 3 atom stereocenters. The topological polar surface area (TPSA) is 160 Å². The Morgan fingerprint density at radius 3 is 1.91 bits per heavy atom. The fourth-order valence-corrected chi connectivity index (χ4v) is 7.17. The molecule has 1 heterocycles. The first-order chi connectivity index (χ1) is 22.1. The first-order valence-electron chi connectivity index (χ1n) is 15.2. The monoisotopic (exact) mass is 646 g/mol. The average Bonchev–Trinajstić information content (AvgIpc) is 3.47. The highest BCUT2D eigenvalue weighted by atomic mass is 31.2. The third-order valence-electron chi connectivity index (χ3n) is 7.54. The second-order valence-electron chi connectivity index (χ2n) is 11.5. The molecule has 0 aromatic heterocycles. The fraction of sp³-hybridized carbons (Fsp3) is 0.324. The lowest BCUT2D eigenvalue weighted by molar-refractivity contribution is -0.138. The van der Waals surface area contributed by atoms with Gasteiger partial charge >= 0.3 is 11.8 Å². The van der Waals surface area contributed by atoms with Crippen LogP contribution >= 0.6 is 7.37 Å². The minimum absolute atomic E-state index is 0.0163. The second kappa shape index (κ2) is 16.1. The number of para-hydroxylation sites is 1. The first-order valence-corrected chi connectivity index (χ1v) is 16.8. The summed E-state index contributed by atoms with van der Waals surface area (Å²) in [6, 6.07) is 23.2. The van der Waals surface area contributed by atoms with Crippen molar-refractivity contribution in [3.8, 4) is 0 Å². The molecule has 0 bridgehead atoms. The molecule has 1 saturated heterocycles. The minimum Gasteiger partial charge on any atom is -0.356 e. The van der Waals surface area contributed by atoms with Crippen molar-refractivity contribution in [2.75, 3.05) is 18.5 Å². The molecule has 0 spiro atoms. The predicted molar refractivity (Wildman–Crippen MR) is 175 cm³/mol. The number of rotatable bonds is 14. The highest BCUT2D eigenvalue weighted by Gasteiger charge is 2.36. The molecule has 0 aliphatic carbocycles. The molecule has 4 amide bonds. The molecule has 242 valence electrons. The summed E-state index contributed by atoms with van der Waals surface area (Å²) in [6.45, 7) is 3.52. The van der Waals surface area contributed by atoms with Crippen molar-refractivity contribution in [2.24, 2.45) is 11.8 Å². The third kappa shape index (κ3) is 9.22. The Kier molecular flexibility index (Phi) is 12.0. The number of anilines is 1. The van der Waals surface area contributed by atoms with Gasteiger partial charge in [-0.15, -0.1) is 0 Å². The summed E-state index contributed by atoms with van der Waals surface area (Å²) < 4.78 is 20.2. The number of Topliss-reactive ketones (excluding diaryl/α,β-unsaturated/α-hetero) is 1. The maximum atomic E-state index is 14.3. The quantitative estimate of drug-likeness (QED) is 0.155. The van der Waals surface area contributed by atoms with Gasteiger partial charge in [0.25, 0.3) is 7.37 Å². The fourth-order valence-electron chi connectivity index (χ4n) is 5.14. The number of hydrogen-bond donors (Lipinski definition) is 4. The zero-order chi connectivity index (χ0) is 33.1. The Hall–Kier alpha value is -4.60. The smallest absolute Gasteiger partial charge is 0.313 e. The van der Waals surface area contributed by atoms with Crippen LogP contribution in [0.4, 0.5) is 5.69 Å². The molecular weight excluding hydrogens is 607 g/mol. The predicted octanol–water partition coefficient (Wildman–Crippen LogP) is 2.68. The first kappa shape index (κ1) is 34.3. The molecule has 4 N–H and O–H groups in total. The van der Waals surface area contributed by atoms with Gasteiger partial charge in [-0.05, 0) is 61.6 Å². The van der Waals surface area contributed by atoms with Gasteiger partial charge in [0.1, 0.15) is 12.6 Å². The Balaban J connectivity index is 1.52. The number of nitrogens with one attached hydrogen (secondary N) is 4. The van der Waals surface area contributed by atoms with Gasteiger partial charge in [0.05, 0.1) is 6.04 Å². The van der Waals surface area contributed by atoms with Crippen molar-refractivity contribution < 1.29 is 33.1 Å². The molecule has 1 aliphatic heterocycles. The van der Waals surface area contributed by atoms with Crippen LogP contribution in [0, 0.1) is 11.8 Å². The molecule has 1 fully saturated rings. The largest absolute Gasteiger partial charge is 0.356 e. The molecule has 46 heavy (non-hydrogen) atoms. The van der Waals surface area contributed by atoms with E-state index in [0.29, 0.717) is 29.3 Å². The van der Waals surface area contributed by atoms with Crippen LogP contribution in [0.3, 0.4) is 0 Å². The minimum atomic E-state index is -3.71. The van der Waals surface area contributed by atoms with E-state index in [2.05, 4.69) is 21.3 Å². The van der Waals surface area contributed by atoms with E-state index in [1.54, 1.807) is 91.0 Å². The van der Waals surface area contributed by atoms with Crippen LogP contribution in [0.2, 0.25) is 0 Å². The van der Waals surface area contributed by atoms with Crippen LogP contribution in [0.25, 0.3) is 0 Å². The van der Waals surface area contributed by atoms with E-state index in [0.717, 1.165) is 0 Å². The lowest BCUT2D eigenvalue weighted by Gasteiger charge is -2.26. The van der Waals surface area contributed by atoms with Gasteiger partial charge < -0.3 is 25.8 Å². The standard InChI is InChI=1S/C34H39N4O7P/c1-23(2)20-29(38-34(43)33(42)36-25-12-6-3-7-13-25)32(41)37-28(21-24-18-19-35-31(24)40)30(39)22-45-46(44,26-14-8-4-9-15-26)27-16-10-5-11-17-27/h3-17,23-24,28-29H,18-22H2,1-2H3,(H,35,40)(H,36,42)(H,37,41)(H,38,43)/t24-,28?,29-/m0/s1. The molecular formula is C34H39N4O7P. The lowest BCUT2D eigenvalue weighted by Crippen LogP contribution is -2.54. The third-order valence-corrected chi connectivity index (χ3v) is 9.98. The van der Waals surface area contributed by atoms with Gasteiger partial charge in [-0.1, -0.05) is 68.4 Å². The van der Waals surface area contributed by atoms with Gasteiger partial charge in [-0.2, -0.15) is 0 Å². The highest BCUT2D eigenvalue weighted by molar-refractivity contribution is 7.74. The molecule has 1 aliphatic rings. The summed E-state index contributed by atoms with van der Waals surface area (Å²) in [5.41, 5.74) is 0.413. The Morgan fingerprint density at radius 1 is 0.826 bits per heavy atom. The summed E-state index contributed by atoms with van der Waals surface area (Å²) in [7, 11) is -3.71. The van der Waals surface area contributed by atoms with E-state index in [1.807, 2.05) is 13.8 Å². The van der Waals surface area contributed by atoms with Crippen LogP contribution < -0.4 is 31.9 Å². The maximum absolute atomic E-state index is 14.3. The Morgan fingerprint density at radius 2 is 1.39 bits per heavy atom. The van der Waals surface area contributed by atoms with Crippen LogP contribution in [0.1, 0.15) is 33.1 Å². The van der Waals surface area contributed by atoms with E-state index >= 15 is 0 Å². The van der Waals surface area contributed by atoms with Gasteiger partial charge in [0.2, 0.25) is 11.8 Å². The molecule has 3 aromatic carbocycles. The number of hydrogen-bond acceptors (Lipinski definition) is 7. The number of carbonyl (C=O) groups is 5. The van der Waals surface area contributed by atoms with Crippen molar-refractivity contribution in [1.29, 1.82) is 0 Å². The second-order valence-corrected chi connectivity index (χ2v) is 13.9. The summed E-state index contributed by atoms with van der Waals surface area (Å²) in [5.74, 6) is -4.09. The molecule has 4 rings (SSSR count). The van der Waals surface area contributed by atoms with Gasteiger partial charge in [-0.25, -0.2) is 0 Å². The molecule has 0 saturated carbocycles. The summed E-state index contributed by atoms with van der Waals surface area (Å²) in [5, 5.41) is 11.2. The maximum Gasteiger partial charge on any atom is 0.313 e. The van der Waals surface area contributed by atoms with Crippen LogP contribution in [-0.4, -0.2) is 54.6 Å². The summed E-state index contributed by atoms with van der Waals surface area (Å²) in [6.07, 6.45) is 0.629. The molecule has 3 aromatic rings. The Labute approximate surface area is 268 Å². The Bertz CT molecular complexity index is 1520. The van der Waals surface area contributed by atoms with Crippen LogP contribution in [-0.2, 0) is 33.1 Å². The van der Waals surface area contributed by atoms with E-state index in [9.17, 15) is 28.5 Å². The van der Waals surface area contributed by atoms with E-state index in [4.69, 9.17) is 4.52 Å².